The molecule has 1 aliphatic rings. The molecule has 116 valence electrons. The first-order valence-electron chi connectivity index (χ1n) is 6.44. The van der Waals surface area contributed by atoms with Crippen molar-refractivity contribution < 1.29 is 4.79 Å². The number of amides is 1. The van der Waals surface area contributed by atoms with Gasteiger partial charge in [0.2, 0.25) is 0 Å². The van der Waals surface area contributed by atoms with Gasteiger partial charge in [-0.25, -0.2) is 0 Å². The van der Waals surface area contributed by atoms with Gasteiger partial charge in [0.05, 0.1) is 20.6 Å². The molecule has 0 bridgehead atoms. The van der Waals surface area contributed by atoms with Crippen molar-refractivity contribution in [3.63, 3.8) is 0 Å². The van der Waals surface area contributed by atoms with Crippen LogP contribution >= 0.6 is 63.1 Å². The van der Waals surface area contributed by atoms with E-state index in [0.717, 1.165) is 10.0 Å². The Bertz CT molecular complexity index is 854. The van der Waals surface area contributed by atoms with Crippen molar-refractivity contribution in [1.29, 1.82) is 0 Å². The number of anilines is 1. The molecule has 1 fully saturated rings. The highest BCUT2D eigenvalue weighted by Gasteiger charge is 2.33. The summed E-state index contributed by atoms with van der Waals surface area (Å²) in [6, 6.07) is 12.7. The van der Waals surface area contributed by atoms with Crippen LogP contribution in [0.2, 0.25) is 10.0 Å². The highest BCUT2D eigenvalue weighted by molar-refractivity contribution is 9.10. The van der Waals surface area contributed by atoms with Crippen molar-refractivity contribution in [2.75, 3.05) is 4.90 Å². The van der Waals surface area contributed by atoms with E-state index in [2.05, 4.69) is 15.9 Å². The molecule has 1 amide bonds. The lowest BCUT2D eigenvalue weighted by atomic mass is 10.2. The smallest absolute Gasteiger partial charge is 0.268 e. The van der Waals surface area contributed by atoms with E-state index in [1.807, 2.05) is 30.3 Å². The highest BCUT2D eigenvalue weighted by atomic mass is 79.9. The van der Waals surface area contributed by atoms with Crippen molar-refractivity contribution in [3.8, 4) is 0 Å². The number of carbonyl (C=O) groups excluding carboxylic acids is 1. The number of thiocarbonyl (C=S) groups is 1. The zero-order valence-electron chi connectivity index (χ0n) is 11.4. The van der Waals surface area contributed by atoms with Gasteiger partial charge < -0.3 is 0 Å². The van der Waals surface area contributed by atoms with Crippen LogP contribution in [-0.4, -0.2) is 10.2 Å². The summed E-state index contributed by atoms with van der Waals surface area (Å²) in [4.78, 5) is 14.7. The molecule has 2 aromatic carbocycles. The Morgan fingerprint density at radius 1 is 1.13 bits per heavy atom. The number of carbonyl (C=O) groups is 1. The van der Waals surface area contributed by atoms with Crippen LogP contribution in [0.4, 0.5) is 5.69 Å². The third-order valence-electron chi connectivity index (χ3n) is 3.10. The maximum Gasteiger partial charge on any atom is 0.270 e. The monoisotopic (exact) mass is 443 g/mol. The van der Waals surface area contributed by atoms with Crippen LogP contribution in [0.25, 0.3) is 6.08 Å². The summed E-state index contributed by atoms with van der Waals surface area (Å²) >= 11 is 22.0. The van der Waals surface area contributed by atoms with E-state index in [9.17, 15) is 4.79 Å². The minimum atomic E-state index is -0.168. The van der Waals surface area contributed by atoms with Crippen molar-refractivity contribution in [1.82, 2.24) is 0 Å². The van der Waals surface area contributed by atoms with Gasteiger partial charge in [-0.15, -0.1) is 0 Å². The van der Waals surface area contributed by atoms with Crippen LogP contribution in [0.15, 0.2) is 51.8 Å². The van der Waals surface area contributed by atoms with E-state index in [1.54, 1.807) is 18.2 Å². The summed E-state index contributed by atoms with van der Waals surface area (Å²) in [5, 5.41) is 0.819. The minimum Gasteiger partial charge on any atom is -0.268 e. The second-order valence-electron chi connectivity index (χ2n) is 4.67. The molecule has 23 heavy (non-hydrogen) atoms. The Morgan fingerprint density at radius 3 is 2.61 bits per heavy atom. The zero-order chi connectivity index (χ0) is 16.6. The fourth-order valence-electron chi connectivity index (χ4n) is 2.06. The van der Waals surface area contributed by atoms with Gasteiger partial charge in [-0.1, -0.05) is 75.2 Å². The van der Waals surface area contributed by atoms with Crippen LogP contribution in [0.3, 0.4) is 0 Å². The maximum atomic E-state index is 12.7. The number of halogens is 3. The number of benzene rings is 2. The number of hydrogen-bond donors (Lipinski definition) is 0. The molecule has 2 nitrogen and oxygen atoms in total. The van der Waals surface area contributed by atoms with Crippen LogP contribution in [-0.2, 0) is 4.79 Å². The van der Waals surface area contributed by atoms with Crippen molar-refractivity contribution in [2.24, 2.45) is 0 Å². The molecule has 1 saturated heterocycles. The van der Waals surface area contributed by atoms with Crippen LogP contribution in [0.1, 0.15) is 5.56 Å². The summed E-state index contributed by atoms with van der Waals surface area (Å²) in [5.74, 6) is -0.168. The maximum absolute atomic E-state index is 12.7. The van der Waals surface area contributed by atoms with Crippen molar-refractivity contribution in [3.05, 3.63) is 67.5 Å². The molecule has 0 N–H and O–H groups in total. The standard InChI is InChI=1S/C16H8BrCl2NOS2/c17-10-3-1-2-9(6-10)7-14-15(21)20(16(22)23-14)11-4-5-12(18)13(19)8-11/h1-8H. The zero-order valence-corrected chi connectivity index (χ0v) is 16.2. The van der Waals surface area contributed by atoms with Gasteiger partial charge in [-0.3, -0.25) is 9.69 Å². The highest BCUT2D eigenvalue weighted by Crippen LogP contribution is 2.38. The summed E-state index contributed by atoms with van der Waals surface area (Å²) in [6.07, 6.45) is 1.82. The summed E-state index contributed by atoms with van der Waals surface area (Å²) in [6.45, 7) is 0. The first-order chi connectivity index (χ1) is 11.0. The second-order valence-corrected chi connectivity index (χ2v) is 8.08. The predicted octanol–water partition coefficient (Wildman–Crippen LogP) is 6.16. The molecule has 0 saturated carbocycles. The largest absolute Gasteiger partial charge is 0.270 e. The lowest BCUT2D eigenvalue weighted by molar-refractivity contribution is -0.113. The quantitative estimate of drug-likeness (QED) is 0.408. The molecule has 0 radical (unpaired) electrons. The minimum absolute atomic E-state index is 0.168. The van der Waals surface area contributed by atoms with Gasteiger partial charge in [0.15, 0.2) is 4.32 Å². The Morgan fingerprint density at radius 2 is 1.91 bits per heavy atom. The average Bonchev–Trinajstić information content (AvgIpc) is 2.77. The summed E-state index contributed by atoms with van der Waals surface area (Å²) < 4.78 is 1.42. The van der Waals surface area contributed by atoms with Gasteiger partial charge in [-0.05, 0) is 42.0 Å². The Balaban J connectivity index is 1.95. The van der Waals surface area contributed by atoms with E-state index in [4.69, 9.17) is 35.4 Å². The van der Waals surface area contributed by atoms with Gasteiger partial charge in [0.25, 0.3) is 5.91 Å². The summed E-state index contributed by atoms with van der Waals surface area (Å²) in [5.41, 5.74) is 1.54. The molecule has 0 aromatic heterocycles. The molecule has 1 aliphatic heterocycles. The fraction of sp³-hybridized carbons (Fsp3) is 0. The molecule has 0 atom stereocenters. The molecule has 7 heteroatoms. The molecule has 2 aromatic rings. The molecule has 1 heterocycles. The average molecular weight is 445 g/mol. The normalized spacial score (nSPS) is 16.5. The lowest BCUT2D eigenvalue weighted by Crippen LogP contribution is -2.27. The van der Waals surface area contributed by atoms with Gasteiger partial charge in [-0.2, -0.15) is 0 Å². The molecular formula is C16H8BrCl2NOS2. The Hall–Kier alpha value is -0.850. The van der Waals surface area contributed by atoms with Gasteiger partial charge >= 0.3 is 0 Å². The SMILES string of the molecule is O=C1C(=Cc2cccc(Br)c2)SC(=S)N1c1ccc(Cl)c(Cl)c1. The number of hydrogen-bond acceptors (Lipinski definition) is 3. The second kappa shape index (κ2) is 6.95. The van der Waals surface area contributed by atoms with E-state index < -0.39 is 0 Å². The first kappa shape index (κ1) is 17.0. The third-order valence-corrected chi connectivity index (χ3v) is 5.64. The molecular weight excluding hydrogens is 437 g/mol. The molecule has 3 rings (SSSR count). The molecule has 0 aliphatic carbocycles. The van der Waals surface area contributed by atoms with Crippen molar-refractivity contribution >= 4 is 85.1 Å². The fourth-order valence-corrected chi connectivity index (χ4v) is 4.07. The van der Waals surface area contributed by atoms with Crippen LogP contribution < -0.4 is 4.90 Å². The Labute approximate surface area is 161 Å². The number of thioether (sulfide) groups is 1. The van der Waals surface area contributed by atoms with Crippen LogP contribution in [0, 0.1) is 0 Å². The lowest BCUT2D eigenvalue weighted by Gasteiger charge is -2.15. The van der Waals surface area contributed by atoms with Gasteiger partial charge in [0, 0.05) is 4.47 Å². The van der Waals surface area contributed by atoms with E-state index in [0.29, 0.717) is 25.0 Å². The van der Waals surface area contributed by atoms with Crippen LogP contribution in [0.5, 0.6) is 0 Å². The Kier molecular flexibility index (Phi) is 5.13. The topological polar surface area (TPSA) is 20.3 Å². The van der Waals surface area contributed by atoms with E-state index in [1.165, 1.54) is 16.7 Å². The van der Waals surface area contributed by atoms with E-state index >= 15 is 0 Å². The van der Waals surface area contributed by atoms with E-state index in [-0.39, 0.29) is 5.91 Å². The number of rotatable bonds is 2. The first-order valence-corrected chi connectivity index (χ1v) is 9.21. The number of nitrogens with zero attached hydrogens (tertiary/aromatic N) is 1. The third kappa shape index (κ3) is 3.64. The van der Waals surface area contributed by atoms with Crippen molar-refractivity contribution in [2.45, 2.75) is 0 Å². The molecule has 0 unspecified atom stereocenters. The molecule has 0 spiro atoms. The summed E-state index contributed by atoms with van der Waals surface area (Å²) in [7, 11) is 0. The predicted molar refractivity (Wildman–Crippen MR) is 106 cm³/mol. The van der Waals surface area contributed by atoms with Gasteiger partial charge in [0.1, 0.15) is 0 Å².